The third kappa shape index (κ3) is 4.45. The zero-order valence-electron chi connectivity index (χ0n) is 10.5. The van der Waals surface area contributed by atoms with Crippen LogP contribution in [0, 0.1) is 0 Å². The van der Waals surface area contributed by atoms with Gasteiger partial charge >= 0.3 is 0 Å². The summed E-state index contributed by atoms with van der Waals surface area (Å²) in [5.41, 5.74) is 2.82. The third-order valence-electron chi connectivity index (χ3n) is 2.11. The van der Waals surface area contributed by atoms with Gasteiger partial charge in [-0.25, -0.2) is 0 Å². The van der Waals surface area contributed by atoms with Crippen LogP contribution < -0.4 is 4.67 Å². The Hall–Kier alpha value is -0.0400. The van der Waals surface area contributed by atoms with Crippen molar-refractivity contribution in [1.29, 1.82) is 0 Å². The molecule has 92 valence electrons. The molecule has 0 fully saturated rings. The molecule has 1 aromatic rings. The van der Waals surface area contributed by atoms with Crippen LogP contribution in [0.15, 0.2) is 17.0 Å². The number of fused-ring (bicyclic) bond motifs is 1. The van der Waals surface area contributed by atoms with Gasteiger partial charge in [0.2, 0.25) is 0 Å². The van der Waals surface area contributed by atoms with E-state index in [0.29, 0.717) is 0 Å². The third-order valence-corrected chi connectivity index (χ3v) is 3.50. The molecule has 1 aliphatic heterocycles. The van der Waals surface area contributed by atoms with Gasteiger partial charge in [0.15, 0.2) is 0 Å². The number of hydrogen-bond acceptors (Lipinski definition) is 2. The SMILES string of the molecule is CC.CC1=Cc2sccc2N(P)CC1.CCl. The molecule has 0 bridgehead atoms. The van der Waals surface area contributed by atoms with Crippen molar-refractivity contribution < 1.29 is 0 Å². The van der Waals surface area contributed by atoms with Crippen LogP contribution >= 0.6 is 32.3 Å². The molecule has 0 N–H and O–H groups in total. The van der Waals surface area contributed by atoms with E-state index in [9.17, 15) is 0 Å². The van der Waals surface area contributed by atoms with E-state index in [1.165, 1.54) is 28.9 Å². The highest BCUT2D eigenvalue weighted by molar-refractivity contribution is 7.19. The monoisotopic (exact) mass is 277 g/mol. The van der Waals surface area contributed by atoms with Gasteiger partial charge in [0.05, 0.1) is 10.6 Å². The van der Waals surface area contributed by atoms with Crippen molar-refractivity contribution in [3.8, 4) is 0 Å². The van der Waals surface area contributed by atoms with Crippen molar-refractivity contribution in [2.75, 3.05) is 17.6 Å². The molecule has 4 heteroatoms. The fourth-order valence-corrected chi connectivity index (χ4v) is 2.74. The lowest BCUT2D eigenvalue weighted by Gasteiger charge is -2.15. The van der Waals surface area contributed by atoms with Gasteiger partial charge in [-0.3, -0.25) is 0 Å². The van der Waals surface area contributed by atoms with E-state index in [4.69, 9.17) is 0 Å². The average molecular weight is 278 g/mol. The second-order valence-electron chi connectivity index (χ2n) is 3.10. The molecule has 2 heterocycles. The molecule has 1 aromatic heterocycles. The number of halogens is 1. The van der Waals surface area contributed by atoms with E-state index in [0.717, 1.165) is 6.54 Å². The number of rotatable bonds is 0. The molecule has 0 amide bonds. The lowest BCUT2D eigenvalue weighted by atomic mass is 10.2. The van der Waals surface area contributed by atoms with E-state index in [1.54, 1.807) is 0 Å². The Morgan fingerprint density at radius 2 is 2.00 bits per heavy atom. The van der Waals surface area contributed by atoms with Gasteiger partial charge in [0.1, 0.15) is 0 Å². The Balaban J connectivity index is 0.000000509. The molecule has 2 rings (SSSR count). The first-order chi connectivity index (χ1) is 7.77. The van der Waals surface area contributed by atoms with Crippen LogP contribution in [-0.2, 0) is 0 Å². The highest BCUT2D eigenvalue weighted by Gasteiger charge is 2.11. The number of alkyl halides is 1. The predicted molar refractivity (Wildman–Crippen MR) is 82.8 cm³/mol. The Bertz CT molecular complexity index is 323. The highest BCUT2D eigenvalue weighted by Crippen LogP contribution is 2.33. The summed E-state index contributed by atoms with van der Waals surface area (Å²) in [6.07, 6.45) is 4.94. The molecular weight excluding hydrogens is 257 g/mol. The van der Waals surface area contributed by atoms with Crippen LogP contribution in [0.25, 0.3) is 6.08 Å². The van der Waals surface area contributed by atoms with Crippen LogP contribution in [0.3, 0.4) is 0 Å². The van der Waals surface area contributed by atoms with Crippen molar-refractivity contribution in [2.24, 2.45) is 0 Å². The van der Waals surface area contributed by atoms with Crippen LogP contribution in [0.5, 0.6) is 0 Å². The first kappa shape index (κ1) is 16.0. The van der Waals surface area contributed by atoms with Crippen molar-refractivity contribution in [3.63, 3.8) is 0 Å². The summed E-state index contributed by atoms with van der Waals surface area (Å²) in [6, 6.07) is 2.18. The van der Waals surface area contributed by atoms with Crippen LogP contribution in [0.1, 0.15) is 32.1 Å². The van der Waals surface area contributed by atoms with Gasteiger partial charge in [0.25, 0.3) is 0 Å². The first-order valence-corrected chi connectivity index (χ1v) is 7.57. The normalized spacial score (nSPS) is 13.4. The number of thiophene rings is 1. The van der Waals surface area contributed by atoms with Crippen molar-refractivity contribution in [2.45, 2.75) is 27.2 Å². The van der Waals surface area contributed by atoms with Gasteiger partial charge < -0.3 is 4.67 Å². The smallest absolute Gasteiger partial charge is 0.0578 e. The van der Waals surface area contributed by atoms with Gasteiger partial charge in [-0.05, 0) is 40.3 Å². The highest BCUT2D eigenvalue weighted by atomic mass is 35.5. The maximum Gasteiger partial charge on any atom is 0.0578 e. The fraction of sp³-hybridized carbons (Fsp3) is 0.500. The largest absolute Gasteiger partial charge is 0.355 e. The minimum atomic E-state index is 1.11. The first-order valence-electron chi connectivity index (χ1n) is 5.42. The molecule has 0 aliphatic carbocycles. The van der Waals surface area contributed by atoms with Crippen molar-refractivity contribution in [1.82, 2.24) is 0 Å². The number of anilines is 1. The zero-order chi connectivity index (χ0) is 12.6. The molecule has 0 saturated heterocycles. The molecule has 1 atom stereocenters. The quantitative estimate of drug-likeness (QED) is 0.475. The number of hydrogen-bond donors (Lipinski definition) is 0. The van der Waals surface area contributed by atoms with E-state index in [1.807, 2.05) is 25.2 Å². The summed E-state index contributed by atoms with van der Waals surface area (Å²) in [6.45, 7) is 7.31. The lowest BCUT2D eigenvalue weighted by Crippen LogP contribution is -2.09. The van der Waals surface area contributed by atoms with Gasteiger partial charge in [-0.2, -0.15) is 0 Å². The Kier molecular flexibility index (Phi) is 9.02. The topological polar surface area (TPSA) is 3.24 Å². The standard InChI is InChI=1S/C9H12NPS.C2H6.CH3Cl/c1-7-2-4-10(11)8-3-5-12-9(8)6-7;2*1-2/h3,5-6H,2,4,11H2,1H3;1-2H3;1H3. The van der Waals surface area contributed by atoms with E-state index in [-0.39, 0.29) is 0 Å². The maximum absolute atomic E-state index is 4.64. The summed E-state index contributed by atoms with van der Waals surface area (Å²) in [5, 5.41) is 2.15. The molecule has 0 spiro atoms. The average Bonchev–Trinajstić information content (AvgIpc) is 2.74. The molecule has 0 saturated carbocycles. The molecule has 1 aliphatic rings. The molecule has 16 heavy (non-hydrogen) atoms. The van der Waals surface area contributed by atoms with Crippen LogP contribution in [0.4, 0.5) is 5.69 Å². The zero-order valence-corrected chi connectivity index (χ0v) is 13.2. The maximum atomic E-state index is 4.64. The lowest BCUT2D eigenvalue weighted by molar-refractivity contribution is 0.964. The molecule has 0 radical (unpaired) electrons. The Morgan fingerprint density at radius 3 is 2.62 bits per heavy atom. The minimum absolute atomic E-state index is 1.11. The number of nitrogens with zero attached hydrogens (tertiary/aromatic N) is 1. The summed E-state index contributed by atoms with van der Waals surface area (Å²) in [4.78, 5) is 1.39. The second kappa shape index (κ2) is 9.04. The summed E-state index contributed by atoms with van der Waals surface area (Å²) in [5.74, 6) is 0. The van der Waals surface area contributed by atoms with E-state index in [2.05, 4.69) is 50.1 Å². The molecule has 0 aromatic carbocycles. The van der Waals surface area contributed by atoms with Crippen molar-refractivity contribution >= 4 is 44.1 Å². The van der Waals surface area contributed by atoms with Gasteiger partial charge in [-0.1, -0.05) is 19.4 Å². The Labute approximate surface area is 111 Å². The van der Waals surface area contributed by atoms with E-state index < -0.39 is 0 Å². The van der Waals surface area contributed by atoms with Gasteiger partial charge in [0, 0.05) is 12.9 Å². The van der Waals surface area contributed by atoms with Crippen LogP contribution in [0.2, 0.25) is 0 Å². The van der Waals surface area contributed by atoms with E-state index >= 15 is 0 Å². The predicted octanol–water partition coefficient (Wildman–Crippen LogP) is 5.03. The second-order valence-corrected chi connectivity index (χ2v) is 4.68. The van der Waals surface area contributed by atoms with Crippen LogP contribution in [-0.4, -0.2) is 12.9 Å². The molecule has 1 unspecified atom stereocenters. The summed E-state index contributed by atoms with van der Waals surface area (Å²) < 4.78 is 2.25. The molecular formula is C12H21ClNPS. The Morgan fingerprint density at radius 1 is 1.38 bits per heavy atom. The molecule has 1 nitrogen and oxygen atoms in total. The summed E-state index contributed by atoms with van der Waals surface area (Å²) in [7, 11) is 2.78. The summed E-state index contributed by atoms with van der Waals surface area (Å²) >= 11 is 6.45. The van der Waals surface area contributed by atoms with Gasteiger partial charge in [-0.15, -0.1) is 22.9 Å². The van der Waals surface area contributed by atoms with Crippen molar-refractivity contribution in [3.05, 3.63) is 21.9 Å². The minimum Gasteiger partial charge on any atom is -0.355 e. The fourth-order valence-electron chi connectivity index (χ4n) is 1.37.